The Balaban J connectivity index is 1.99. The number of benzene rings is 1. The van der Waals surface area contributed by atoms with E-state index in [1.807, 2.05) is 0 Å². The number of halogens is 1. The Hall–Kier alpha value is -1.44. The van der Waals surface area contributed by atoms with Crippen molar-refractivity contribution >= 4 is 21.6 Å². The standard InChI is InChI=1S/C12H15ClN4O2S/c1-10(6-17-9-14-8-15-17)16-20(18,19)7-11-4-2-3-5-12(11)13/h2-5,8-10,16H,6-7H2,1H3/t10-/m1/s1. The molecule has 108 valence electrons. The maximum atomic E-state index is 12.1. The molecule has 1 aromatic carbocycles. The monoisotopic (exact) mass is 314 g/mol. The van der Waals surface area contributed by atoms with Crippen LogP contribution in [0.3, 0.4) is 0 Å². The topological polar surface area (TPSA) is 76.9 Å². The Morgan fingerprint density at radius 2 is 2.15 bits per heavy atom. The zero-order valence-electron chi connectivity index (χ0n) is 10.9. The summed E-state index contributed by atoms with van der Waals surface area (Å²) in [7, 11) is -3.46. The Bertz CT molecular complexity index is 658. The molecule has 0 radical (unpaired) electrons. The highest BCUT2D eigenvalue weighted by Gasteiger charge is 2.17. The first-order valence-electron chi connectivity index (χ1n) is 6.02. The highest BCUT2D eigenvalue weighted by atomic mass is 35.5. The molecule has 1 atom stereocenters. The van der Waals surface area contributed by atoms with Crippen molar-refractivity contribution in [3.05, 3.63) is 47.5 Å². The molecule has 1 heterocycles. The molecule has 1 N–H and O–H groups in total. The van der Waals surface area contributed by atoms with Gasteiger partial charge in [0.05, 0.1) is 12.3 Å². The van der Waals surface area contributed by atoms with E-state index in [0.29, 0.717) is 17.1 Å². The number of rotatable bonds is 6. The second kappa shape index (κ2) is 6.34. The number of hydrogen-bond donors (Lipinski definition) is 1. The van der Waals surface area contributed by atoms with E-state index in [-0.39, 0.29) is 11.8 Å². The first kappa shape index (κ1) is 15.0. The van der Waals surface area contributed by atoms with Crippen molar-refractivity contribution in [1.82, 2.24) is 19.5 Å². The lowest BCUT2D eigenvalue weighted by atomic mass is 10.2. The van der Waals surface area contributed by atoms with Crippen LogP contribution in [0, 0.1) is 0 Å². The van der Waals surface area contributed by atoms with Gasteiger partial charge in [0.1, 0.15) is 12.7 Å². The van der Waals surface area contributed by atoms with E-state index in [1.54, 1.807) is 42.2 Å². The number of nitrogens with one attached hydrogen (secondary N) is 1. The van der Waals surface area contributed by atoms with E-state index in [2.05, 4.69) is 14.8 Å². The quantitative estimate of drug-likeness (QED) is 0.875. The Morgan fingerprint density at radius 1 is 1.40 bits per heavy atom. The molecule has 0 saturated heterocycles. The Kier molecular flexibility index (Phi) is 4.74. The van der Waals surface area contributed by atoms with Gasteiger partial charge in [0, 0.05) is 11.1 Å². The van der Waals surface area contributed by atoms with E-state index in [4.69, 9.17) is 11.6 Å². The van der Waals surface area contributed by atoms with Crippen LogP contribution in [0.1, 0.15) is 12.5 Å². The molecule has 8 heteroatoms. The van der Waals surface area contributed by atoms with Gasteiger partial charge in [0.25, 0.3) is 0 Å². The molecule has 0 aliphatic rings. The minimum Gasteiger partial charge on any atom is -0.251 e. The lowest BCUT2D eigenvalue weighted by molar-refractivity contribution is 0.493. The van der Waals surface area contributed by atoms with Crippen molar-refractivity contribution in [2.45, 2.75) is 25.3 Å². The van der Waals surface area contributed by atoms with E-state index < -0.39 is 10.0 Å². The fourth-order valence-corrected chi connectivity index (χ4v) is 3.53. The van der Waals surface area contributed by atoms with Gasteiger partial charge in [-0.05, 0) is 18.6 Å². The van der Waals surface area contributed by atoms with Crippen LogP contribution in [0.2, 0.25) is 5.02 Å². The summed E-state index contributed by atoms with van der Waals surface area (Å²) < 4.78 is 28.3. The molecular weight excluding hydrogens is 300 g/mol. The molecule has 0 unspecified atom stereocenters. The summed E-state index contributed by atoms with van der Waals surface area (Å²) in [5, 5.41) is 4.38. The fourth-order valence-electron chi connectivity index (χ4n) is 1.81. The largest absolute Gasteiger partial charge is 0.251 e. The summed E-state index contributed by atoms with van der Waals surface area (Å²) in [6.07, 6.45) is 2.95. The Morgan fingerprint density at radius 3 is 2.80 bits per heavy atom. The van der Waals surface area contributed by atoms with Gasteiger partial charge in [0.15, 0.2) is 0 Å². The molecule has 0 spiro atoms. The molecule has 2 aromatic rings. The molecular formula is C12H15ClN4O2S. The van der Waals surface area contributed by atoms with Crippen LogP contribution < -0.4 is 4.72 Å². The molecule has 0 aliphatic carbocycles. The number of nitrogens with zero attached hydrogens (tertiary/aromatic N) is 3. The lowest BCUT2D eigenvalue weighted by Gasteiger charge is -2.14. The van der Waals surface area contributed by atoms with E-state index >= 15 is 0 Å². The predicted molar refractivity (Wildman–Crippen MR) is 76.7 cm³/mol. The zero-order chi connectivity index (χ0) is 14.6. The molecule has 1 aromatic heterocycles. The van der Waals surface area contributed by atoms with Gasteiger partial charge in [-0.3, -0.25) is 4.68 Å². The third kappa shape index (κ3) is 4.29. The summed E-state index contributed by atoms with van der Waals surface area (Å²) in [5.74, 6) is -0.144. The molecule has 0 aliphatic heterocycles. The minimum absolute atomic E-state index is 0.144. The number of sulfonamides is 1. The first-order valence-corrected chi connectivity index (χ1v) is 8.05. The van der Waals surface area contributed by atoms with E-state index in [9.17, 15) is 8.42 Å². The van der Waals surface area contributed by atoms with Gasteiger partial charge in [-0.15, -0.1) is 0 Å². The van der Waals surface area contributed by atoms with Crippen LogP contribution in [0.15, 0.2) is 36.9 Å². The normalized spacial score (nSPS) is 13.3. The van der Waals surface area contributed by atoms with Gasteiger partial charge in [0.2, 0.25) is 10.0 Å². The zero-order valence-corrected chi connectivity index (χ0v) is 12.5. The van der Waals surface area contributed by atoms with Crippen LogP contribution in [0.4, 0.5) is 0 Å². The molecule has 20 heavy (non-hydrogen) atoms. The van der Waals surface area contributed by atoms with Crippen molar-refractivity contribution in [2.75, 3.05) is 0 Å². The van der Waals surface area contributed by atoms with Crippen molar-refractivity contribution in [3.63, 3.8) is 0 Å². The van der Waals surface area contributed by atoms with E-state index in [1.165, 1.54) is 6.33 Å². The van der Waals surface area contributed by atoms with Crippen LogP contribution in [-0.2, 0) is 22.3 Å². The predicted octanol–water partition coefficient (Wildman–Crippen LogP) is 1.44. The van der Waals surface area contributed by atoms with Crippen molar-refractivity contribution in [2.24, 2.45) is 0 Å². The average molecular weight is 315 g/mol. The smallest absolute Gasteiger partial charge is 0.216 e. The number of hydrogen-bond acceptors (Lipinski definition) is 4. The summed E-state index contributed by atoms with van der Waals surface area (Å²) in [4.78, 5) is 3.81. The Labute approximate surface area is 122 Å². The maximum absolute atomic E-state index is 12.1. The van der Waals surface area contributed by atoms with Crippen molar-refractivity contribution in [1.29, 1.82) is 0 Å². The summed E-state index contributed by atoms with van der Waals surface area (Å²) >= 11 is 5.97. The van der Waals surface area contributed by atoms with Crippen LogP contribution in [0.25, 0.3) is 0 Å². The first-order chi connectivity index (χ1) is 9.46. The lowest BCUT2D eigenvalue weighted by Crippen LogP contribution is -2.36. The highest BCUT2D eigenvalue weighted by Crippen LogP contribution is 2.17. The van der Waals surface area contributed by atoms with Crippen LogP contribution in [-0.4, -0.2) is 29.2 Å². The summed E-state index contributed by atoms with van der Waals surface area (Å²) in [6.45, 7) is 2.19. The molecule has 0 saturated carbocycles. The van der Waals surface area contributed by atoms with Crippen molar-refractivity contribution < 1.29 is 8.42 Å². The molecule has 6 nitrogen and oxygen atoms in total. The second-order valence-electron chi connectivity index (χ2n) is 4.49. The fraction of sp³-hybridized carbons (Fsp3) is 0.333. The average Bonchev–Trinajstić information content (AvgIpc) is 2.83. The second-order valence-corrected chi connectivity index (χ2v) is 6.65. The molecule has 0 amide bonds. The van der Waals surface area contributed by atoms with Gasteiger partial charge in [-0.2, -0.15) is 5.10 Å². The van der Waals surface area contributed by atoms with Crippen LogP contribution in [0.5, 0.6) is 0 Å². The van der Waals surface area contributed by atoms with Crippen molar-refractivity contribution in [3.8, 4) is 0 Å². The summed E-state index contributed by atoms with van der Waals surface area (Å²) in [6, 6.07) is 6.60. The van der Waals surface area contributed by atoms with Gasteiger partial charge in [-0.25, -0.2) is 18.1 Å². The van der Waals surface area contributed by atoms with Gasteiger partial charge >= 0.3 is 0 Å². The molecule has 2 rings (SSSR count). The van der Waals surface area contributed by atoms with Crippen LogP contribution >= 0.6 is 11.6 Å². The third-order valence-electron chi connectivity index (χ3n) is 2.61. The van der Waals surface area contributed by atoms with Gasteiger partial charge in [-0.1, -0.05) is 29.8 Å². The number of aromatic nitrogens is 3. The summed E-state index contributed by atoms with van der Waals surface area (Å²) in [5.41, 5.74) is 0.578. The SMILES string of the molecule is C[C@H](Cn1cncn1)NS(=O)(=O)Cc1ccccc1Cl. The molecule has 0 fully saturated rings. The maximum Gasteiger partial charge on any atom is 0.216 e. The van der Waals surface area contributed by atoms with Gasteiger partial charge < -0.3 is 0 Å². The minimum atomic E-state index is -3.46. The van der Waals surface area contributed by atoms with E-state index in [0.717, 1.165) is 0 Å². The highest BCUT2D eigenvalue weighted by molar-refractivity contribution is 7.88. The molecule has 0 bridgehead atoms. The third-order valence-corrected chi connectivity index (χ3v) is 4.43.